The van der Waals surface area contributed by atoms with Gasteiger partial charge < -0.3 is 15.1 Å². The topological polar surface area (TPSA) is 62.1 Å². The molecule has 0 fully saturated rings. The summed E-state index contributed by atoms with van der Waals surface area (Å²) in [5.74, 6) is 0.818. The largest absolute Gasteiger partial charge is 0.491 e. The predicted molar refractivity (Wildman–Crippen MR) is 76.0 cm³/mol. The molecule has 1 unspecified atom stereocenters. The lowest BCUT2D eigenvalue weighted by atomic mass is 9.94. The molecule has 0 saturated carbocycles. The molecule has 1 atom stereocenters. The molecule has 4 nitrogen and oxygen atoms in total. The van der Waals surface area contributed by atoms with E-state index < -0.39 is 5.60 Å². The Labute approximate surface area is 114 Å². The highest BCUT2D eigenvalue weighted by Crippen LogP contribution is 2.19. The van der Waals surface area contributed by atoms with E-state index in [0.29, 0.717) is 17.9 Å². The van der Waals surface area contributed by atoms with Gasteiger partial charge in [-0.25, -0.2) is 0 Å². The third-order valence-electron chi connectivity index (χ3n) is 3.42. The summed E-state index contributed by atoms with van der Waals surface area (Å²) < 4.78 is 5.58. The fourth-order valence-electron chi connectivity index (χ4n) is 1.47. The molecule has 4 heteroatoms. The van der Waals surface area contributed by atoms with Crippen LogP contribution in [0.3, 0.4) is 0 Å². The molecular weight excluding hydrogens is 242 g/mol. The summed E-state index contributed by atoms with van der Waals surface area (Å²) in [5.41, 5.74) is 0.661. The summed E-state index contributed by atoms with van der Waals surface area (Å²) in [4.78, 5) is 0. The van der Waals surface area contributed by atoms with Crippen molar-refractivity contribution >= 4 is 5.71 Å². The second-order valence-electron chi connectivity index (χ2n) is 5.23. The quantitative estimate of drug-likeness (QED) is 0.472. The molecule has 0 bridgehead atoms. The highest BCUT2D eigenvalue weighted by atomic mass is 16.5. The van der Waals surface area contributed by atoms with Crippen molar-refractivity contribution < 1.29 is 15.1 Å². The molecule has 0 spiro atoms. The van der Waals surface area contributed by atoms with E-state index in [9.17, 15) is 5.11 Å². The minimum Gasteiger partial charge on any atom is -0.491 e. The van der Waals surface area contributed by atoms with Gasteiger partial charge in [-0.3, -0.25) is 0 Å². The van der Waals surface area contributed by atoms with Gasteiger partial charge in [-0.1, -0.05) is 25.9 Å². The molecule has 1 rings (SSSR count). The van der Waals surface area contributed by atoms with Crippen LogP contribution in [0.4, 0.5) is 0 Å². The fraction of sp³-hybridized carbons (Fsp3) is 0.533. The van der Waals surface area contributed by atoms with Crippen LogP contribution in [0.1, 0.15) is 39.7 Å². The molecule has 0 aromatic heterocycles. The van der Waals surface area contributed by atoms with Crippen molar-refractivity contribution in [3.05, 3.63) is 29.8 Å². The van der Waals surface area contributed by atoms with Gasteiger partial charge in [0, 0.05) is 0 Å². The lowest BCUT2D eigenvalue weighted by Gasteiger charge is -2.27. The van der Waals surface area contributed by atoms with E-state index >= 15 is 0 Å². The number of aliphatic hydroxyl groups is 1. The molecular formula is C15H23NO3. The van der Waals surface area contributed by atoms with Gasteiger partial charge >= 0.3 is 0 Å². The summed E-state index contributed by atoms with van der Waals surface area (Å²) in [6.45, 7) is 7.85. The van der Waals surface area contributed by atoms with Crippen LogP contribution in [-0.4, -0.2) is 28.2 Å². The van der Waals surface area contributed by atoms with Crippen molar-refractivity contribution in [2.75, 3.05) is 6.61 Å². The Balaban J connectivity index is 2.68. The zero-order chi connectivity index (χ0) is 14.5. The van der Waals surface area contributed by atoms with Gasteiger partial charge in [0.2, 0.25) is 0 Å². The second-order valence-corrected chi connectivity index (χ2v) is 5.23. The number of nitrogens with zero attached hydrogens (tertiary/aromatic N) is 1. The van der Waals surface area contributed by atoms with Crippen molar-refractivity contribution in [3.63, 3.8) is 0 Å². The van der Waals surface area contributed by atoms with Crippen LogP contribution in [-0.2, 0) is 0 Å². The molecule has 2 N–H and O–H groups in total. The normalized spacial score (nSPS) is 15.4. The first kappa shape index (κ1) is 15.5. The Morgan fingerprint density at radius 1 is 1.32 bits per heavy atom. The number of rotatable bonds is 6. The van der Waals surface area contributed by atoms with Gasteiger partial charge in [-0.05, 0) is 49.1 Å². The standard InChI is InChI=1S/C15H23NO3/c1-5-14(16-18)12-6-8-13(9-7-12)19-10-15(4,17)11(2)3/h6-9,11,17-18H,5,10H2,1-4H3/b16-14-. The van der Waals surface area contributed by atoms with Crippen molar-refractivity contribution in [2.45, 2.75) is 39.7 Å². The third kappa shape index (κ3) is 4.24. The molecule has 0 amide bonds. The number of oxime groups is 1. The predicted octanol–water partition coefficient (Wildman–Crippen LogP) is 3.06. The van der Waals surface area contributed by atoms with Gasteiger partial charge in [0.25, 0.3) is 0 Å². The first-order valence-corrected chi connectivity index (χ1v) is 6.57. The van der Waals surface area contributed by atoms with Crippen molar-refractivity contribution in [1.29, 1.82) is 0 Å². The smallest absolute Gasteiger partial charge is 0.119 e. The van der Waals surface area contributed by atoms with Crippen molar-refractivity contribution in [3.8, 4) is 5.75 Å². The van der Waals surface area contributed by atoms with E-state index in [1.54, 1.807) is 6.92 Å². The number of hydrogen-bond acceptors (Lipinski definition) is 4. The summed E-state index contributed by atoms with van der Waals surface area (Å²) in [5, 5.41) is 22.2. The number of ether oxygens (including phenoxy) is 1. The van der Waals surface area contributed by atoms with Crippen LogP contribution in [0.5, 0.6) is 5.75 Å². The molecule has 106 valence electrons. The maximum Gasteiger partial charge on any atom is 0.119 e. The van der Waals surface area contributed by atoms with E-state index in [1.807, 2.05) is 45.0 Å². The minimum atomic E-state index is -0.847. The molecule has 0 heterocycles. The van der Waals surface area contributed by atoms with Crippen LogP contribution in [0, 0.1) is 5.92 Å². The van der Waals surface area contributed by atoms with E-state index in [2.05, 4.69) is 5.16 Å². The highest BCUT2D eigenvalue weighted by Gasteiger charge is 2.25. The summed E-state index contributed by atoms with van der Waals surface area (Å²) in [6.07, 6.45) is 0.665. The first-order valence-electron chi connectivity index (χ1n) is 6.57. The Kier molecular flexibility index (Phi) is 5.36. The van der Waals surface area contributed by atoms with Gasteiger partial charge in [0.15, 0.2) is 0 Å². The molecule has 0 radical (unpaired) electrons. The van der Waals surface area contributed by atoms with Crippen LogP contribution < -0.4 is 4.74 Å². The Morgan fingerprint density at radius 3 is 2.32 bits per heavy atom. The zero-order valence-electron chi connectivity index (χ0n) is 12.1. The molecule has 0 saturated heterocycles. The third-order valence-corrected chi connectivity index (χ3v) is 3.42. The fourth-order valence-corrected chi connectivity index (χ4v) is 1.47. The minimum absolute atomic E-state index is 0.125. The van der Waals surface area contributed by atoms with Crippen LogP contribution >= 0.6 is 0 Å². The zero-order valence-corrected chi connectivity index (χ0v) is 12.1. The van der Waals surface area contributed by atoms with Crippen molar-refractivity contribution in [2.24, 2.45) is 11.1 Å². The molecule has 1 aromatic rings. The Morgan fingerprint density at radius 2 is 1.89 bits per heavy atom. The van der Waals surface area contributed by atoms with Gasteiger partial charge in [-0.2, -0.15) is 0 Å². The van der Waals surface area contributed by atoms with Gasteiger partial charge in [0.05, 0.1) is 11.3 Å². The Bertz CT molecular complexity index is 422. The molecule has 0 aliphatic carbocycles. The maximum atomic E-state index is 10.1. The summed E-state index contributed by atoms with van der Waals surface area (Å²) in [7, 11) is 0. The first-order chi connectivity index (χ1) is 8.90. The molecule has 0 aliphatic heterocycles. The summed E-state index contributed by atoms with van der Waals surface area (Å²) >= 11 is 0. The van der Waals surface area contributed by atoms with Gasteiger partial charge in [-0.15, -0.1) is 0 Å². The van der Waals surface area contributed by atoms with Crippen LogP contribution in [0.25, 0.3) is 0 Å². The molecule has 0 aliphatic rings. The molecule has 1 aromatic carbocycles. The number of hydrogen-bond donors (Lipinski definition) is 2. The second kappa shape index (κ2) is 6.57. The molecule has 19 heavy (non-hydrogen) atoms. The monoisotopic (exact) mass is 265 g/mol. The Hall–Kier alpha value is -1.55. The van der Waals surface area contributed by atoms with E-state index in [1.165, 1.54) is 0 Å². The lowest BCUT2D eigenvalue weighted by Crippen LogP contribution is -2.37. The van der Waals surface area contributed by atoms with Gasteiger partial charge in [0.1, 0.15) is 12.4 Å². The van der Waals surface area contributed by atoms with E-state index in [0.717, 1.165) is 5.56 Å². The van der Waals surface area contributed by atoms with E-state index in [-0.39, 0.29) is 12.5 Å². The maximum absolute atomic E-state index is 10.1. The van der Waals surface area contributed by atoms with Crippen LogP contribution in [0.15, 0.2) is 29.4 Å². The summed E-state index contributed by atoms with van der Waals surface area (Å²) in [6, 6.07) is 7.31. The lowest BCUT2D eigenvalue weighted by molar-refractivity contribution is -0.0266. The highest BCUT2D eigenvalue weighted by molar-refractivity contribution is 6.00. The van der Waals surface area contributed by atoms with Crippen molar-refractivity contribution in [1.82, 2.24) is 0 Å². The van der Waals surface area contributed by atoms with E-state index in [4.69, 9.17) is 9.94 Å². The SMILES string of the molecule is CC/C(=N/O)c1ccc(OCC(C)(O)C(C)C)cc1. The average Bonchev–Trinajstić information content (AvgIpc) is 2.39. The number of benzene rings is 1. The van der Waals surface area contributed by atoms with Crippen LogP contribution in [0.2, 0.25) is 0 Å². The average molecular weight is 265 g/mol.